The lowest BCUT2D eigenvalue weighted by atomic mass is 10.1. The van der Waals surface area contributed by atoms with Gasteiger partial charge in [-0.1, -0.05) is 26.2 Å². The van der Waals surface area contributed by atoms with E-state index in [0.29, 0.717) is 11.3 Å². The molecule has 4 nitrogen and oxygen atoms in total. The smallest absolute Gasteiger partial charge is 0.343 e. The van der Waals surface area contributed by atoms with Crippen LogP contribution >= 0.6 is 0 Å². The lowest BCUT2D eigenvalue weighted by molar-refractivity contribution is 0.0734. The summed E-state index contributed by atoms with van der Waals surface area (Å²) >= 11 is 0. The molecule has 0 aromatic heterocycles. The number of carbonyl (C=O) groups is 1. The molecule has 25 heavy (non-hydrogen) atoms. The molecule has 0 radical (unpaired) electrons. The minimum atomic E-state index is -0.460. The Morgan fingerprint density at radius 2 is 1.60 bits per heavy atom. The van der Waals surface area contributed by atoms with E-state index in [1.165, 1.54) is 49.9 Å². The zero-order chi connectivity index (χ0) is 18.1. The summed E-state index contributed by atoms with van der Waals surface area (Å²) in [6, 6.07) is 13.0. The number of unbranched alkanes of at least 4 members (excludes halogenated alkanes) is 3. The summed E-state index contributed by atoms with van der Waals surface area (Å²) < 4.78 is 11.2. The number of ether oxygens (including phenoxy) is 2. The summed E-state index contributed by atoms with van der Waals surface area (Å²) in [5.41, 5.74) is 0.388. The van der Waals surface area contributed by atoms with Gasteiger partial charge in [0, 0.05) is 0 Å². The minimum absolute atomic E-state index is 0.113. The second-order valence-corrected chi connectivity index (χ2v) is 6.19. The van der Waals surface area contributed by atoms with Crippen LogP contribution in [0.4, 0.5) is 0 Å². The predicted octanol–water partition coefficient (Wildman–Crippen LogP) is 5.35. The zero-order valence-corrected chi connectivity index (χ0v) is 14.9. The normalized spacial score (nSPS) is 11.8. The third-order valence-electron chi connectivity index (χ3n) is 3.94. The highest BCUT2D eigenvalue weighted by Gasteiger charge is 2.09. The predicted molar refractivity (Wildman–Crippen MR) is 98.4 cm³/mol. The van der Waals surface area contributed by atoms with E-state index in [1.54, 1.807) is 12.1 Å². The number of aromatic hydroxyl groups is 1. The van der Waals surface area contributed by atoms with Crippen molar-refractivity contribution in [2.45, 2.75) is 52.1 Å². The van der Waals surface area contributed by atoms with Gasteiger partial charge < -0.3 is 14.6 Å². The van der Waals surface area contributed by atoms with Crippen LogP contribution in [0.1, 0.15) is 56.3 Å². The average molecular weight is 342 g/mol. The summed E-state index contributed by atoms with van der Waals surface area (Å²) in [6.07, 6.45) is 6.14. The highest BCUT2D eigenvalue weighted by molar-refractivity contribution is 5.91. The molecule has 1 atom stereocenters. The molecule has 1 N–H and O–H groups in total. The van der Waals surface area contributed by atoms with Gasteiger partial charge in [-0.15, -0.1) is 0 Å². The Hall–Kier alpha value is -2.49. The molecule has 0 amide bonds. The highest BCUT2D eigenvalue weighted by atomic mass is 16.5. The molecule has 1 unspecified atom stereocenters. The number of rotatable bonds is 9. The van der Waals surface area contributed by atoms with E-state index in [4.69, 9.17) is 9.47 Å². The Morgan fingerprint density at radius 3 is 2.24 bits per heavy atom. The van der Waals surface area contributed by atoms with E-state index in [-0.39, 0.29) is 11.9 Å². The molecule has 0 heterocycles. The van der Waals surface area contributed by atoms with Crippen molar-refractivity contribution >= 4 is 5.97 Å². The van der Waals surface area contributed by atoms with Crippen LogP contribution in [0.3, 0.4) is 0 Å². The van der Waals surface area contributed by atoms with Crippen LogP contribution in [0.15, 0.2) is 48.5 Å². The van der Waals surface area contributed by atoms with Crippen LogP contribution in [0.2, 0.25) is 0 Å². The molecule has 0 fully saturated rings. The summed E-state index contributed by atoms with van der Waals surface area (Å²) in [7, 11) is 0. The summed E-state index contributed by atoms with van der Waals surface area (Å²) in [6.45, 7) is 4.28. The van der Waals surface area contributed by atoms with E-state index in [2.05, 4.69) is 13.8 Å². The fraction of sp³-hybridized carbons (Fsp3) is 0.381. The first-order chi connectivity index (χ1) is 12.1. The van der Waals surface area contributed by atoms with Gasteiger partial charge in [0.15, 0.2) is 0 Å². The quantitative estimate of drug-likeness (QED) is 0.379. The van der Waals surface area contributed by atoms with Crippen molar-refractivity contribution in [1.82, 2.24) is 0 Å². The van der Waals surface area contributed by atoms with Crippen molar-refractivity contribution in [1.29, 1.82) is 0 Å². The molecule has 4 heteroatoms. The van der Waals surface area contributed by atoms with Crippen LogP contribution in [0.5, 0.6) is 17.2 Å². The van der Waals surface area contributed by atoms with Crippen molar-refractivity contribution in [2.75, 3.05) is 0 Å². The Kier molecular flexibility index (Phi) is 7.33. The van der Waals surface area contributed by atoms with E-state index < -0.39 is 5.97 Å². The second-order valence-electron chi connectivity index (χ2n) is 6.19. The van der Waals surface area contributed by atoms with Gasteiger partial charge in [-0.2, -0.15) is 0 Å². The third kappa shape index (κ3) is 6.49. The van der Waals surface area contributed by atoms with E-state index >= 15 is 0 Å². The van der Waals surface area contributed by atoms with Gasteiger partial charge in [0.2, 0.25) is 0 Å². The first-order valence-electron chi connectivity index (χ1n) is 8.86. The van der Waals surface area contributed by atoms with Crippen LogP contribution in [0.25, 0.3) is 0 Å². The summed E-state index contributed by atoms with van der Waals surface area (Å²) in [5, 5.41) is 9.25. The van der Waals surface area contributed by atoms with Crippen molar-refractivity contribution < 1.29 is 19.4 Å². The minimum Gasteiger partial charge on any atom is -0.508 e. The van der Waals surface area contributed by atoms with Crippen LogP contribution in [0, 0.1) is 0 Å². The second kappa shape index (κ2) is 9.72. The monoisotopic (exact) mass is 342 g/mol. The maximum Gasteiger partial charge on any atom is 0.343 e. The van der Waals surface area contributed by atoms with Crippen LogP contribution < -0.4 is 9.47 Å². The Bertz CT molecular complexity index is 647. The maximum atomic E-state index is 12.0. The molecule has 0 spiro atoms. The molecule has 0 aliphatic carbocycles. The van der Waals surface area contributed by atoms with Crippen molar-refractivity contribution in [2.24, 2.45) is 0 Å². The molecule has 0 aliphatic rings. The van der Waals surface area contributed by atoms with E-state index in [1.807, 2.05) is 12.1 Å². The topological polar surface area (TPSA) is 55.8 Å². The Balaban J connectivity index is 1.82. The van der Waals surface area contributed by atoms with Gasteiger partial charge in [0.1, 0.15) is 17.2 Å². The number of phenolic OH excluding ortho intramolecular Hbond substituents is 1. The summed E-state index contributed by atoms with van der Waals surface area (Å²) in [4.78, 5) is 12.0. The largest absolute Gasteiger partial charge is 0.508 e. The lowest BCUT2D eigenvalue weighted by Crippen LogP contribution is -2.11. The zero-order valence-electron chi connectivity index (χ0n) is 14.9. The van der Waals surface area contributed by atoms with Crippen molar-refractivity contribution in [3.63, 3.8) is 0 Å². The van der Waals surface area contributed by atoms with Gasteiger partial charge in [-0.25, -0.2) is 4.79 Å². The Morgan fingerprint density at radius 1 is 0.960 bits per heavy atom. The summed E-state index contributed by atoms with van der Waals surface area (Å²) in [5.74, 6) is 0.883. The average Bonchev–Trinajstić information content (AvgIpc) is 2.61. The highest BCUT2D eigenvalue weighted by Crippen LogP contribution is 2.21. The molecule has 2 aromatic carbocycles. The van der Waals surface area contributed by atoms with E-state index in [0.717, 1.165) is 12.2 Å². The first-order valence-corrected chi connectivity index (χ1v) is 8.86. The fourth-order valence-corrected chi connectivity index (χ4v) is 2.50. The SMILES string of the molecule is CCCCCCC(C)Oc1ccc(OC(=O)c2ccc(O)cc2)cc1. The van der Waals surface area contributed by atoms with Gasteiger partial charge in [-0.3, -0.25) is 0 Å². The number of esters is 1. The molecular formula is C21H26O4. The van der Waals surface area contributed by atoms with Gasteiger partial charge >= 0.3 is 5.97 Å². The van der Waals surface area contributed by atoms with Crippen molar-refractivity contribution in [3.8, 4) is 17.2 Å². The molecule has 0 saturated heterocycles. The fourth-order valence-electron chi connectivity index (χ4n) is 2.50. The molecular weight excluding hydrogens is 316 g/mol. The van der Waals surface area contributed by atoms with Crippen LogP contribution in [-0.4, -0.2) is 17.2 Å². The van der Waals surface area contributed by atoms with Crippen LogP contribution in [-0.2, 0) is 0 Å². The molecule has 0 saturated carbocycles. The molecule has 2 rings (SSSR count). The molecule has 0 bridgehead atoms. The van der Waals surface area contributed by atoms with E-state index in [9.17, 15) is 9.90 Å². The number of hydrogen-bond acceptors (Lipinski definition) is 4. The number of carbonyl (C=O) groups excluding carboxylic acids is 1. The van der Waals surface area contributed by atoms with Crippen molar-refractivity contribution in [3.05, 3.63) is 54.1 Å². The maximum absolute atomic E-state index is 12.0. The lowest BCUT2D eigenvalue weighted by Gasteiger charge is -2.15. The Labute approximate surface area is 149 Å². The molecule has 0 aliphatic heterocycles. The molecule has 2 aromatic rings. The number of benzene rings is 2. The van der Waals surface area contributed by atoms with Gasteiger partial charge in [0.25, 0.3) is 0 Å². The van der Waals surface area contributed by atoms with Gasteiger partial charge in [-0.05, 0) is 68.3 Å². The molecule has 134 valence electrons. The first kappa shape index (κ1) is 18.8. The number of hydrogen-bond donors (Lipinski definition) is 1. The third-order valence-corrected chi connectivity index (χ3v) is 3.94. The standard InChI is InChI=1S/C21H26O4/c1-3-4-5-6-7-16(2)24-19-12-14-20(15-13-19)25-21(23)17-8-10-18(22)11-9-17/h8-16,22H,3-7H2,1-2H3. The van der Waals surface area contributed by atoms with Gasteiger partial charge in [0.05, 0.1) is 11.7 Å². The number of phenols is 1.